The third-order valence-corrected chi connectivity index (χ3v) is 8.06. The number of hydrogen-bond donors (Lipinski definition) is 2. The zero-order chi connectivity index (χ0) is 28.9. The Kier molecular flexibility index (Phi) is 8.10. The highest BCUT2D eigenvalue weighted by Gasteiger charge is 2.34. The summed E-state index contributed by atoms with van der Waals surface area (Å²) in [6.07, 6.45) is 5.72. The van der Waals surface area contributed by atoms with E-state index >= 15 is 0 Å². The second-order valence-electron chi connectivity index (χ2n) is 10.9. The van der Waals surface area contributed by atoms with E-state index in [1.807, 2.05) is 91.0 Å². The van der Waals surface area contributed by atoms with E-state index in [0.717, 1.165) is 40.9 Å². The third kappa shape index (κ3) is 5.83. The minimum absolute atomic E-state index is 0.222. The standard InChI is InChI=1S/C35H35N5O2/c36-32(26-14-6-2-7-15-26)34(41)37-28-20-22-29(23-21-28)40-31-19-11-10-18-30(31)33(27-16-8-3-9-17-27)38-39(35(40)42)24-25-12-4-1-5-13-25/h1-2,4-7,10-15,18-23,27,32H,3,8-9,16-17,24,36H2,(H,37,41). The molecular formula is C35H35N5O2. The van der Waals surface area contributed by atoms with Gasteiger partial charge in [-0.25, -0.2) is 9.80 Å². The van der Waals surface area contributed by atoms with Gasteiger partial charge in [0.15, 0.2) is 0 Å². The number of fused-ring (bicyclic) bond motifs is 1. The fraction of sp³-hybridized carbons (Fsp3) is 0.229. The lowest BCUT2D eigenvalue weighted by molar-refractivity contribution is -0.117. The Bertz CT molecular complexity index is 1560. The van der Waals surface area contributed by atoms with E-state index in [-0.39, 0.29) is 11.9 Å². The summed E-state index contributed by atoms with van der Waals surface area (Å²) in [5.41, 5.74) is 12.0. The summed E-state index contributed by atoms with van der Waals surface area (Å²) in [5, 5.41) is 9.59. The smallest absolute Gasteiger partial charge is 0.324 e. The van der Waals surface area contributed by atoms with Gasteiger partial charge in [0.25, 0.3) is 0 Å². The number of nitrogens with one attached hydrogen (secondary N) is 1. The number of benzene rings is 4. The van der Waals surface area contributed by atoms with Gasteiger partial charge in [-0.3, -0.25) is 9.69 Å². The lowest BCUT2D eigenvalue weighted by Crippen LogP contribution is -2.36. The van der Waals surface area contributed by atoms with Gasteiger partial charge in [0.2, 0.25) is 5.91 Å². The minimum atomic E-state index is -0.785. The highest BCUT2D eigenvalue weighted by molar-refractivity contribution is 6.13. The van der Waals surface area contributed by atoms with Crippen LogP contribution in [-0.2, 0) is 11.3 Å². The van der Waals surface area contributed by atoms with E-state index in [1.165, 1.54) is 19.3 Å². The average Bonchev–Trinajstić information content (AvgIpc) is 3.16. The second kappa shape index (κ2) is 12.4. The van der Waals surface area contributed by atoms with Crippen LogP contribution in [0.1, 0.15) is 54.8 Å². The summed E-state index contributed by atoms with van der Waals surface area (Å²) in [4.78, 5) is 28.9. The fourth-order valence-electron chi connectivity index (χ4n) is 5.84. The first kappa shape index (κ1) is 27.4. The Hall–Kier alpha value is -4.75. The van der Waals surface area contributed by atoms with Crippen molar-refractivity contribution in [3.63, 3.8) is 0 Å². The van der Waals surface area contributed by atoms with E-state index in [4.69, 9.17) is 10.8 Å². The molecule has 1 aliphatic carbocycles. The van der Waals surface area contributed by atoms with Crippen molar-refractivity contribution in [1.29, 1.82) is 0 Å². The van der Waals surface area contributed by atoms with Crippen LogP contribution in [-0.4, -0.2) is 22.7 Å². The van der Waals surface area contributed by atoms with Gasteiger partial charge in [0.1, 0.15) is 6.04 Å². The third-order valence-electron chi connectivity index (χ3n) is 8.06. The molecule has 6 rings (SSSR count). The molecule has 1 saturated carbocycles. The number of anilines is 3. The molecule has 0 saturated heterocycles. The SMILES string of the molecule is NC(C(=O)Nc1ccc(N2C(=O)N(Cc3ccccc3)N=C(C3CCCCC3)c3ccccc32)cc1)c1ccccc1. The number of nitrogens with zero attached hydrogens (tertiary/aromatic N) is 3. The minimum Gasteiger partial charge on any atom is -0.324 e. The molecule has 0 aromatic heterocycles. The zero-order valence-corrected chi connectivity index (χ0v) is 23.5. The van der Waals surface area contributed by atoms with Gasteiger partial charge in [0, 0.05) is 17.2 Å². The predicted octanol–water partition coefficient (Wildman–Crippen LogP) is 7.38. The summed E-state index contributed by atoms with van der Waals surface area (Å²) >= 11 is 0. The summed E-state index contributed by atoms with van der Waals surface area (Å²) in [6.45, 7) is 0.367. The molecule has 3 amide bonds. The van der Waals surface area contributed by atoms with Crippen LogP contribution in [0.25, 0.3) is 0 Å². The highest BCUT2D eigenvalue weighted by atomic mass is 16.2. The van der Waals surface area contributed by atoms with Gasteiger partial charge in [0.05, 0.1) is 23.6 Å². The van der Waals surface area contributed by atoms with E-state index in [2.05, 4.69) is 11.4 Å². The number of hydrogen-bond acceptors (Lipinski definition) is 4. The van der Waals surface area contributed by atoms with Crippen molar-refractivity contribution >= 4 is 34.7 Å². The number of nitrogens with two attached hydrogens (primary N) is 1. The first-order chi connectivity index (χ1) is 20.6. The van der Waals surface area contributed by atoms with Gasteiger partial charge in [-0.15, -0.1) is 0 Å². The maximum atomic E-state index is 14.3. The maximum Gasteiger partial charge on any atom is 0.349 e. The Morgan fingerprint density at radius 2 is 1.48 bits per heavy atom. The number of carbonyl (C=O) groups is 2. The average molecular weight is 558 g/mol. The predicted molar refractivity (Wildman–Crippen MR) is 168 cm³/mol. The Morgan fingerprint density at radius 3 is 2.19 bits per heavy atom. The van der Waals surface area contributed by atoms with E-state index in [0.29, 0.717) is 23.8 Å². The molecule has 1 atom stereocenters. The number of hydrazone groups is 1. The summed E-state index contributed by atoms with van der Waals surface area (Å²) in [5.74, 6) is 0.00189. The number of rotatable bonds is 7. The maximum absolute atomic E-state index is 14.3. The molecule has 1 fully saturated rings. The van der Waals surface area contributed by atoms with Gasteiger partial charge in [-0.2, -0.15) is 5.10 Å². The molecule has 0 radical (unpaired) electrons. The lowest BCUT2D eigenvalue weighted by atomic mass is 9.83. The van der Waals surface area contributed by atoms with Gasteiger partial charge < -0.3 is 11.1 Å². The normalized spacial score (nSPS) is 16.3. The van der Waals surface area contributed by atoms with Crippen LogP contribution in [0.5, 0.6) is 0 Å². The number of urea groups is 1. The molecule has 2 aliphatic rings. The number of para-hydroxylation sites is 1. The van der Waals surface area contributed by atoms with Crippen molar-refractivity contribution < 1.29 is 9.59 Å². The summed E-state index contributed by atoms with van der Waals surface area (Å²) < 4.78 is 0. The molecule has 1 aliphatic heterocycles. The van der Waals surface area contributed by atoms with Crippen LogP contribution in [0.15, 0.2) is 114 Å². The molecule has 3 N–H and O–H groups in total. The van der Waals surface area contributed by atoms with Crippen LogP contribution < -0.4 is 16.0 Å². The molecule has 7 heteroatoms. The Morgan fingerprint density at radius 1 is 0.833 bits per heavy atom. The van der Waals surface area contributed by atoms with Gasteiger partial charge >= 0.3 is 6.03 Å². The molecule has 42 heavy (non-hydrogen) atoms. The summed E-state index contributed by atoms with van der Waals surface area (Å²) in [7, 11) is 0. The van der Waals surface area contributed by atoms with Crippen molar-refractivity contribution in [2.45, 2.75) is 44.7 Å². The van der Waals surface area contributed by atoms with E-state index in [1.54, 1.807) is 22.0 Å². The molecule has 1 unspecified atom stereocenters. The van der Waals surface area contributed by atoms with Crippen molar-refractivity contribution in [3.05, 3.63) is 126 Å². The van der Waals surface area contributed by atoms with Gasteiger partial charge in [-0.05, 0) is 54.3 Å². The Labute approximate surface area is 246 Å². The molecule has 4 aromatic rings. The van der Waals surface area contributed by atoms with Crippen LogP contribution in [0.2, 0.25) is 0 Å². The lowest BCUT2D eigenvalue weighted by Gasteiger charge is -2.27. The second-order valence-corrected chi connectivity index (χ2v) is 10.9. The van der Waals surface area contributed by atoms with Crippen molar-refractivity contribution in [3.8, 4) is 0 Å². The van der Waals surface area contributed by atoms with Crippen molar-refractivity contribution in [1.82, 2.24) is 5.01 Å². The van der Waals surface area contributed by atoms with Crippen LogP contribution in [0.3, 0.4) is 0 Å². The zero-order valence-electron chi connectivity index (χ0n) is 23.5. The monoisotopic (exact) mass is 557 g/mol. The summed E-state index contributed by atoms with van der Waals surface area (Å²) in [6, 6.07) is 33.6. The molecular weight excluding hydrogens is 522 g/mol. The largest absolute Gasteiger partial charge is 0.349 e. The fourth-order valence-corrected chi connectivity index (χ4v) is 5.84. The highest BCUT2D eigenvalue weighted by Crippen LogP contribution is 2.38. The van der Waals surface area contributed by atoms with Crippen LogP contribution >= 0.6 is 0 Å². The Balaban J connectivity index is 1.33. The molecule has 0 bridgehead atoms. The van der Waals surface area contributed by atoms with E-state index in [9.17, 15) is 9.59 Å². The molecule has 212 valence electrons. The first-order valence-corrected chi connectivity index (χ1v) is 14.6. The topological polar surface area (TPSA) is 91.0 Å². The molecule has 0 spiro atoms. The molecule has 1 heterocycles. The van der Waals surface area contributed by atoms with E-state index < -0.39 is 6.04 Å². The van der Waals surface area contributed by atoms with Crippen molar-refractivity contribution in [2.24, 2.45) is 16.8 Å². The van der Waals surface area contributed by atoms with Crippen LogP contribution in [0, 0.1) is 5.92 Å². The number of carbonyl (C=O) groups excluding carboxylic acids is 2. The number of amides is 3. The van der Waals surface area contributed by atoms with Crippen molar-refractivity contribution in [2.75, 3.05) is 10.2 Å². The quantitative estimate of drug-likeness (QED) is 0.248. The molecule has 4 aromatic carbocycles. The van der Waals surface area contributed by atoms with Gasteiger partial charge in [-0.1, -0.05) is 98.1 Å². The van der Waals surface area contributed by atoms with Crippen LogP contribution in [0.4, 0.5) is 21.9 Å². The molecule has 7 nitrogen and oxygen atoms in total. The first-order valence-electron chi connectivity index (χ1n) is 14.6.